The van der Waals surface area contributed by atoms with Crippen molar-refractivity contribution in [2.75, 3.05) is 0 Å². The fourth-order valence-corrected chi connectivity index (χ4v) is 7.31. The molecule has 0 amide bonds. The topological polar surface area (TPSA) is 6.02 Å². The molecule has 7 rings (SSSR count). The minimum Gasteiger partial charge on any atom is -0.126 e. The van der Waals surface area contributed by atoms with Crippen LogP contribution in [-0.4, -0.2) is 26.7 Å². The molecule has 0 bridgehead atoms. The zero-order valence-corrected chi connectivity index (χ0v) is 27.6. The van der Waals surface area contributed by atoms with Gasteiger partial charge in [-0.05, 0) is 57.6 Å². The summed E-state index contributed by atoms with van der Waals surface area (Å²) in [7, 11) is 0. The number of rotatable bonds is 6. The average molecular weight is 638 g/mol. The summed E-state index contributed by atoms with van der Waals surface area (Å²) in [5, 5.41) is 1.41. The number of hydrogen-bond donors (Lipinski definition) is 0. The lowest BCUT2D eigenvalue weighted by Gasteiger charge is -2.16. The zero-order valence-electron chi connectivity index (χ0n) is 26.1. The number of halogens is 2. The highest BCUT2D eigenvalue weighted by Gasteiger charge is 2.47. The van der Waals surface area contributed by atoms with Crippen molar-refractivity contribution in [1.82, 2.24) is 0 Å². The molecule has 4 heteroatoms. The molecule has 0 aliphatic carbocycles. The van der Waals surface area contributed by atoms with Gasteiger partial charge in [-0.3, -0.25) is 0 Å². The Morgan fingerprint density at radius 3 is 1.04 bits per heavy atom. The minimum atomic E-state index is -0.106. The lowest BCUT2D eigenvalue weighted by molar-refractivity contribution is -0.687. The Hall–Kier alpha value is -4.76. The van der Waals surface area contributed by atoms with Crippen LogP contribution in [0, 0.1) is 0 Å². The first-order valence-corrected chi connectivity index (χ1v) is 16.3. The van der Waals surface area contributed by atoms with Gasteiger partial charge in [-0.25, -0.2) is 0 Å². The molecule has 0 radical (unpaired) electrons. The van der Waals surface area contributed by atoms with Crippen LogP contribution in [0.2, 0.25) is 10.0 Å². The molecule has 1 heterocycles. The molecule has 0 fully saturated rings. The Balaban J connectivity index is 1.42. The lowest BCUT2D eigenvalue weighted by atomic mass is 9.96. The summed E-state index contributed by atoms with van der Waals surface area (Å²) in [6.07, 6.45) is -0.106. The lowest BCUT2D eigenvalue weighted by Crippen LogP contribution is -2.26. The van der Waals surface area contributed by atoms with Crippen LogP contribution in [0.4, 0.5) is 11.4 Å². The summed E-state index contributed by atoms with van der Waals surface area (Å²) < 4.78 is 4.73. The zero-order chi connectivity index (χ0) is 31.8. The van der Waals surface area contributed by atoms with Crippen molar-refractivity contribution < 1.29 is 9.15 Å². The maximum atomic E-state index is 7.32. The molecule has 0 N–H and O–H groups in total. The summed E-state index contributed by atoms with van der Waals surface area (Å²) in [5.41, 5.74) is 13.0. The average Bonchev–Trinajstić information content (AvgIpc) is 3.31. The monoisotopic (exact) mass is 636 g/mol. The van der Waals surface area contributed by atoms with Crippen LogP contribution in [0.5, 0.6) is 0 Å². The molecule has 1 aliphatic heterocycles. The van der Waals surface area contributed by atoms with Crippen LogP contribution < -0.4 is 0 Å². The van der Waals surface area contributed by atoms with Gasteiger partial charge in [0, 0.05) is 13.8 Å². The van der Waals surface area contributed by atoms with Crippen molar-refractivity contribution in [2.45, 2.75) is 26.9 Å². The molecule has 46 heavy (non-hydrogen) atoms. The van der Waals surface area contributed by atoms with Crippen LogP contribution in [0.15, 0.2) is 146 Å². The molecular formula is C42H34Cl2N2+2. The maximum Gasteiger partial charge on any atom is 0.351 e. The highest BCUT2D eigenvalue weighted by molar-refractivity contribution is 6.39. The van der Waals surface area contributed by atoms with Crippen molar-refractivity contribution in [1.29, 1.82) is 0 Å². The number of benzene rings is 6. The number of nitrogens with zero attached hydrogens (tertiary/aromatic N) is 2. The van der Waals surface area contributed by atoms with E-state index < -0.39 is 0 Å². The van der Waals surface area contributed by atoms with Gasteiger partial charge in [0.15, 0.2) is 0 Å². The number of hydrogen-bond acceptors (Lipinski definition) is 0. The van der Waals surface area contributed by atoms with E-state index in [1.807, 2.05) is 24.3 Å². The molecule has 0 atom stereocenters. The van der Waals surface area contributed by atoms with Crippen molar-refractivity contribution in [3.63, 3.8) is 0 Å². The molecule has 0 saturated heterocycles. The summed E-state index contributed by atoms with van der Waals surface area (Å²) in [4.78, 5) is 0. The van der Waals surface area contributed by atoms with E-state index in [-0.39, 0.29) is 6.17 Å². The molecule has 224 valence electrons. The van der Waals surface area contributed by atoms with Crippen molar-refractivity contribution in [2.24, 2.45) is 0 Å². The third-order valence-corrected chi connectivity index (χ3v) is 9.56. The molecule has 1 aliphatic rings. The Labute approximate surface area is 281 Å². The van der Waals surface area contributed by atoms with E-state index >= 15 is 0 Å². The van der Waals surface area contributed by atoms with E-state index in [2.05, 4.69) is 151 Å². The molecule has 0 unspecified atom stereocenters. The van der Waals surface area contributed by atoms with Crippen LogP contribution >= 0.6 is 23.2 Å². The molecule has 0 saturated carbocycles. The third kappa shape index (κ3) is 5.38. The smallest absolute Gasteiger partial charge is 0.126 e. The van der Waals surface area contributed by atoms with E-state index in [4.69, 9.17) is 23.2 Å². The van der Waals surface area contributed by atoms with Gasteiger partial charge in [-0.1, -0.05) is 145 Å². The second-order valence-corrected chi connectivity index (χ2v) is 12.5. The van der Waals surface area contributed by atoms with Crippen molar-refractivity contribution in [3.8, 4) is 44.5 Å². The highest BCUT2D eigenvalue weighted by Crippen LogP contribution is 2.45. The van der Waals surface area contributed by atoms with Gasteiger partial charge < -0.3 is 0 Å². The Bertz CT molecular complexity index is 1960. The quantitative estimate of drug-likeness (QED) is 0.160. The first-order chi connectivity index (χ1) is 22.4. The van der Waals surface area contributed by atoms with Crippen LogP contribution in [0.25, 0.3) is 44.5 Å². The van der Waals surface area contributed by atoms with Gasteiger partial charge in [-0.15, -0.1) is 9.15 Å². The molecule has 0 aromatic heterocycles. The fraction of sp³-hybridized carbons (Fsp3) is 0.0952. The minimum absolute atomic E-state index is 0.106. The Kier molecular flexibility index (Phi) is 8.17. The Morgan fingerprint density at radius 1 is 0.413 bits per heavy atom. The molecule has 0 spiro atoms. The maximum absolute atomic E-state index is 7.32. The molecule has 6 aromatic rings. The predicted octanol–water partition coefficient (Wildman–Crippen LogP) is 11.9. The first-order valence-electron chi connectivity index (χ1n) is 15.6. The van der Waals surface area contributed by atoms with E-state index in [0.717, 1.165) is 67.3 Å². The Morgan fingerprint density at radius 2 is 0.717 bits per heavy atom. The van der Waals surface area contributed by atoms with Gasteiger partial charge in [0.1, 0.15) is 10.0 Å². The van der Waals surface area contributed by atoms with E-state index in [9.17, 15) is 0 Å². The third-order valence-electron chi connectivity index (χ3n) is 8.99. The van der Waals surface area contributed by atoms with Gasteiger partial charge in [-0.2, -0.15) is 0 Å². The van der Waals surface area contributed by atoms with Crippen LogP contribution in [0.1, 0.15) is 20.8 Å². The predicted molar refractivity (Wildman–Crippen MR) is 195 cm³/mol. The summed E-state index contributed by atoms with van der Waals surface area (Å²) in [6, 6.07) is 50.6. The van der Waals surface area contributed by atoms with E-state index in [0.29, 0.717) is 10.0 Å². The molecule has 2 nitrogen and oxygen atoms in total. The second-order valence-electron chi connectivity index (χ2n) is 11.7. The summed E-state index contributed by atoms with van der Waals surface area (Å²) in [6.45, 7) is 6.58. The molecule has 6 aromatic carbocycles. The highest BCUT2D eigenvalue weighted by atomic mass is 35.5. The van der Waals surface area contributed by atoms with Gasteiger partial charge in [0.05, 0.1) is 18.1 Å². The normalized spacial score (nSPS) is 13.5. The first kappa shape index (κ1) is 29.9. The van der Waals surface area contributed by atoms with E-state index in [1.165, 1.54) is 0 Å². The largest absolute Gasteiger partial charge is 0.351 e. The van der Waals surface area contributed by atoms with Crippen molar-refractivity contribution in [3.05, 3.63) is 156 Å². The molecular weight excluding hydrogens is 603 g/mol. The summed E-state index contributed by atoms with van der Waals surface area (Å²) >= 11 is 14.6. The van der Waals surface area contributed by atoms with Gasteiger partial charge in [0.2, 0.25) is 11.4 Å². The fourth-order valence-electron chi connectivity index (χ4n) is 6.69. The van der Waals surface area contributed by atoms with Crippen LogP contribution in [-0.2, 0) is 0 Å². The van der Waals surface area contributed by atoms with Crippen LogP contribution in [0.3, 0.4) is 0 Å². The van der Waals surface area contributed by atoms with E-state index in [1.54, 1.807) is 0 Å². The van der Waals surface area contributed by atoms with Gasteiger partial charge >= 0.3 is 6.17 Å². The second kappa shape index (κ2) is 12.6. The summed E-state index contributed by atoms with van der Waals surface area (Å²) in [5.74, 6) is 0. The van der Waals surface area contributed by atoms with Gasteiger partial charge in [0.25, 0.3) is 11.4 Å². The standard InChI is InChI=1S/C42H34Cl2N2/c1-28-29(2)46(42-38(34-22-14-7-15-23-34)25-36(27-40(42)44)32-18-10-5-11-19-32)30(3)45(28)41-37(33-20-12-6-13-21-33)24-35(26-39(41)43)31-16-8-4-9-17-31/h4-27,30H,1-3H3/q+2. The SMILES string of the molecule is CC1=[N+](c2c(Cl)cc(-c3ccccc3)cc2-c2ccccc2)C(C)[N+](c2c(Cl)cc(-c3ccccc3)cc2-c2ccccc2)=C1C. The van der Waals surface area contributed by atoms with Crippen molar-refractivity contribution >= 4 is 46.0 Å².